The zero-order chi connectivity index (χ0) is 23.1. The van der Waals surface area contributed by atoms with Crippen LogP contribution in [0.1, 0.15) is 20.3 Å². The predicted octanol–water partition coefficient (Wildman–Crippen LogP) is 5.86. The van der Waals surface area contributed by atoms with Gasteiger partial charge in [0.05, 0.1) is 0 Å². The van der Waals surface area contributed by atoms with Crippen LogP contribution in [0.15, 0.2) is 57.9 Å². The van der Waals surface area contributed by atoms with E-state index in [1.54, 1.807) is 11.8 Å². The number of urea groups is 1. The number of rotatable bonds is 8. The van der Waals surface area contributed by atoms with Crippen molar-refractivity contribution < 1.29 is 9.59 Å². The lowest BCUT2D eigenvalue weighted by atomic mass is 9.98. The number of amides is 3. The lowest BCUT2D eigenvalue weighted by Gasteiger charge is -2.23. The van der Waals surface area contributed by atoms with Gasteiger partial charge in [0.1, 0.15) is 11.0 Å². The van der Waals surface area contributed by atoms with Crippen molar-refractivity contribution in [2.24, 2.45) is 5.92 Å². The maximum Gasteiger partial charge on any atom is 0.319 e. The van der Waals surface area contributed by atoms with Crippen LogP contribution in [0.5, 0.6) is 0 Å². The molecule has 2 atom stereocenters. The monoisotopic (exact) mass is 533 g/mol. The Hall–Kier alpha value is -2.43. The van der Waals surface area contributed by atoms with Gasteiger partial charge in [0.25, 0.3) is 0 Å². The molecule has 0 unspecified atom stereocenters. The molecule has 10 heteroatoms. The second-order valence-electron chi connectivity index (χ2n) is 7.10. The highest BCUT2D eigenvalue weighted by Gasteiger charge is 2.27. The van der Waals surface area contributed by atoms with E-state index in [4.69, 9.17) is 0 Å². The topological polar surface area (TPSA) is 96.0 Å². The van der Waals surface area contributed by atoms with E-state index >= 15 is 0 Å². The number of thioether (sulfide) groups is 1. The van der Waals surface area contributed by atoms with Crippen LogP contribution in [-0.2, 0) is 4.79 Å². The molecule has 7 nitrogen and oxygen atoms in total. The number of nitrogens with zero attached hydrogens (tertiary/aromatic N) is 2. The summed E-state index contributed by atoms with van der Waals surface area (Å²) in [7, 11) is 0. The molecule has 0 saturated carbocycles. The standard InChI is InChI=1S/C22H24BrN5O2S2/c1-4-13(2)18(25-21(30)24-16-8-10-17(31-3)11-9-16)19(29)26-22-28-27-20(32-22)14-6-5-7-15(23)12-14/h5-13,18H,4H2,1-3H3,(H2,24,25,30)(H,26,28,29)/t13-,18-/m0/s1. The lowest BCUT2D eigenvalue weighted by molar-refractivity contribution is -0.119. The molecule has 0 aliphatic heterocycles. The highest BCUT2D eigenvalue weighted by atomic mass is 79.9. The molecule has 2 aromatic carbocycles. The first kappa shape index (κ1) is 24.2. The molecule has 3 rings (SSSR count). The summed E-state index contributed by atoms with van der Waals surface area (Å²) in [5.41, 5.74) is 1.56. The smallest absolute Gasteiger partial charge is 0.319 e. The average Bonchev–Trinajstić information content (AvgIpc) is 3.26. The molecule has 0 bridgehead atoms. The third kappa shape index (κ3) is 6.54. The van der Waals surface area contributed by atoms with E-state index in [0.717, 1.165) is 21.4 Å². The van der Waals surface area contributed by atoms with Crippen molar-refractivity contribution in [1.82, 2.24) is 15.5 Å². The van der Waals surface area contributed by atoms with E-state index in [1.165, 1.54) is 11.3 Å². The van der Waals surface area contributed by atoms with Gasteiger partial charge >= 0.3 is 6.03 Å². The van der Waals surface area contributed by atoms with Gasteiger partial charge in [-0.2, -0.15) is 0 Å². The highest BCUT2D eigenvalue weighted by molar-refractivity contribution is 9.10. The van der Waals surface area contributed by atoms with Crippen molar-refractivity contribution in [2.75, 3.05) is 16.9 Å². The molecular weight excluding hydrogens is 510 g/mol. The molecule has 3 amide bonds. The van der Waals surface area contributed by atoms with E-state index in [0.29, 0.717) is 15.8 Å². The van der Waals surface area contributed by atoms with Gasteiger partial charge in [-0.3, -0.25) is 10.1 Å². The molecule has 32 heavy (non-hydrogen) atoms. The Balaban J connectivity index is 1.66. The Bertz CT molecular complexity index is 1070. The molecule has 1 heterocycles. The van der Waals surface area contributed by atoms with Crippen LogP contribution in [0.25, 0.3) is 10.6 Å². The fraction of sp³-hybridized carbons (Fsp3) is 0.273. The third-order valence-corrected chi connectivity index (χ3v) is 6.98. The minimum absolute atomic E-state index is 0.0721. The summed E-state index contributed by atoms with van der Waals surface area (Å²) in [5.74, 6) is -0.402. The summed E-state index contributed by atoms with van der Waals surface area (Å²) in [6.45, 7) is 3.90. The molecule has 0 aliphatic rings. The molecule has 1 aromatic heterocycles. The molecule has 0 aliphatic carbocycles. The zero-order valence-electron chi connectivity index (χ0n) is 17.9. The van der Waals surface area contributed by atoms with Crippen molar-refractivity contribution in [3.63, 3.8) is 0 Å². The number of aromatic nitrogens is 2. The SMILES string of the molecule is CC[C@H](C)[C@H](NC(=O)Nc1ccc(SC)cc1)C(=O)Nc1nnc(-c2cccc(Br)c2)s1. The van der Waals surface area contributed by atoms with Crippen LogP contribution in [-0.4, -0.2) is 34.4 Å². The van der Waals surface area contributed by atoms with Crippen molar-refractivity contribution in [1.29, 1.82) is 0 Å². The number of benzene rings is 2. The molecular formula is C22H24BrN5O2S2. The highest BCUT2D eigenvalue weighted by Crippen LogP contribution is 2.28. The Morgan fingerprint density at radius 1 is 1.12 bits per heavy atom. The first-order chi connectivity index (χ1) is 15.4. The van der Waals surface area contributed by atoms with Gasteiger partial charge < -0.3 is 10.6 Å². The van der Waals surface area contributed by atoms with E-state index < -0.39 is 12.1 Å². The summed E-state index contributed by atoms with van der Waals surface area (Å²) in [6.07, 6.45) is 2.71. The fourth-order valence-electron chi connectivity index (χ4n) is 2.88. The van der Waals surface area contributed by atoms with E-state index in [2.05, 4.69) is 42.1 Å². The van der Waals surface area contributed by atoms with Gasteiger partial charge in [-0.1, -0.05) is 59.7 Å². The van der Waals surface area contributed by atoms with Gasteiger partial charge in [-0.05, 0) is 48.6 Å². The van der Waals surface area contributed by atoms with Gasteiger partial charge in [-0.25, -0.2) is 4.79 Å². The van der Waals surface area contributed by atoms with Crippen LogP contribution in [0, 0.1) is 5.92 Å². The molecule has 3 N–H and O–H groups in total. The van der Waals surface area contributed by atoms with Gasteiger partial charge in [0.15, 0.2) is 0 Å². The van der Waals surface area contributed by atoms with Gasteiger partial charge in [0, 0.05) is 20.6 Å². The second kappa shape index (κ2) is 11.4. The van der Waals surface area contributed by atoms with Crippen LogP contribution in [0.2, 0.25) is 0 Å². The number of halogens is 1. The zero-order valence-corrected chi connectivity index (χ0v) is 21.1. The first-order valence-corrected chi connectivity index (χ1v) is 12.8. The minimum Gasteiger partial charge on any atom is -0.326 e. The van der Waals surface area contributed by atoms with Crippen molar-refractivity contribution >= 4 is 61.8 Å². The van der Waals surface area contributed by atoms with Crippen LogP contribution >= 0.6 is 39.0 Å². The maximum absolute atomic E-state index is 13.0. The Kier molecular flexibility index (Phi) is 8.66. The van der Waals surface area contributed by atoms with Crippen LogP contribution < -0.4 is 16.0 Å². The Morgan fingerprint density at radius 3 is 2.53 bits per heavy atom. The number of carbonyl (C=O) groups excluding carboxylic acids is 2. The minimum atomic E-state index is -0.719. The van der Waals surface area contributed by atoms with Crippen LogP contribution in [0.3, 0.4) is 0 Å². The number of nitrogens with one attached hydrogen (secondary N) is 3. The van der Waals surface area contributed by atoms with Crippen molar-refractivity contribution in [3.8, 4) is 10.6 Å². The Labute approximate surface area is 203 Å². The van der Waals surface area contributed by atoms with Crippen molar-refractivity contribution in [3.05, 3.63) is 53.0 Å². The molecule has 0 fully saturated rings. The predicted molar refractivity (Wildman–Crippen MR) is 135 cm³/mol. The van der Waals surface area contributed by atoms with E-state index in [-0.39, 0.29) is 11.8 Å². The molecule has 0 radical (unpaired) electrons. The third-order valence-electron chi connectivity index (χ3n) is 4.86. The quantitative estimate of drug-likeness (QED) is 0.315. The Morgan fingerprint density at radius 2 is 1.88 bits per heavy atom. The second-order valence-corrected chi connectivity index (χ2v) is 9.87. The normalized spacial score (nSPS) is 12.6. The summed E-state index contributed by atoms with van der Waals surface area (Å²) in [5, 5.41) is 17.7. The molecule has 0 saturated heterocycles. The largest absolute Gasteiger partial charge is 0.326 e. The molecule has 0 spiro atoms. The first-order valence-electron chi connectivity index (χ1n) is 10.0. The van der Waals surface area contributed by atoms with Crippen molar-refractivity contribution in [2.45, 2.75) is 31.2 Å². The summed E-state index contributed by atoms with van der Waals surface area (Å²) >= 11 is 6.35. The van der Waals surface area contributed by atoms with Gasteiger partial charge in [-0.15, -0.1) is 22.0 Å². The fourth-order valence-corrected chi connectivity index (χ4v) is 4.43. The number of hydrogen-bond acceptors (Lipinski definition) is 6. The van der Waals surface area contributed by atoms with Crippen LogP contribution in [0.4, 0.5) is 15.6 Å². The summed E-state index contributed by atoms with van der Waals surface area (Å²) < 4.78 is 0.936. The molecule has 168 valence electrons. The average molecular weight is 535 g/mol. The number of carbonyl (C=O) groups is 2. The van der Waals surface area contributed by atoms with E-state index in [1.807, 2.05) is 68.6 Å². The van der Waals surface area contributed by atoms with E-state index in [9.17, 15) is 9.59 Å². The summed E-state index contributed by atoms with van der Waals surface area (Å²) in [4.78, 5) is 26.6. The van der Waals surface area contributed by atoms with Gasteiger partial charge in [0.2, 0.25) is 11.0 Å². The molecule has 3 aromatic rings. The lowest BCUT2D eigenvalue weighted by Crippen LogP contribution is -2.49. The maximum atomic E-state index is 13.0. The number of hydrogen-bond donors (Lipinski definition) is 3. The number of anilines is 2. The summed E-state index contributed by atoms with van der Waals surface area (Å²) in [6, 6.07) is 14.1.